The minimum absolute atomic E-state index is 0. The molecule has 0 fully saturated rings. The highest BCUT2D eigenvalue weighted by Gasteiger charge is 2.08. The fourth-order valence-electron chi connectivity index (χ4n) is 2.37. The second-order valence-electron chi connectivity index (χ2n) is 5.31. The van der Waals surface area contributed by atoms with Crippen molar-refractivity contribution in [2.24, 2.45) is 0 Å². The molecule has 0 atom stereocenters. The summed E-state index contributed by atoms with van der Waals surface area (Å²) >= 11 is 1.38. The molecule has 1 heterocycles. The summed E-state index contributed by atoms with van der Waals surface area (Å²) in [7, 11) is 3.18. The normalized spacial score (nSPS) is 10.2. The molecule has 0 aliphatic rings. The Balaban J connectivity index is 0.00000243. The van der Waals surface area contributed by atoms with Crippen LogP contribution < -0.4 is 14.8 Å². The number of hydrogen-bond donors (Lipinski definition) is 2. The van der Waals surface area contributed by atoms with E-state index in [0.29, 0.717) is 23.8 Å². The number of amides is 1. The topological polar surface area (TPSA) is 76.2 Å². The largest absolute Gasteiger partial charge is 0.493 e. The molecule has 6 nitrogen and oxygen atoms in total. The first kappa shape index (κ1) is 19.9. The van der Waals surface area contributed by atoms with Gasteiger partial charge in [-0.2, -0.15) is 0 Å². The lowest BCUT2D eigenvalue weighted by Gasteiger charge is -2.10. The maximum absolute atomic E-state index is 12.1. The molecular formula is C18H20ClN3O3S. The van der Waals surface area contributed by atoms with E-state index < -0.39 is 0 Å². The maximum atomic E-state index is 12.1. The second-order valence-corrected chi connectivity index (χ2v) is 6.28. The number of fused-ring (bicyclic) bond motifs is 1. The number of nitrogens with zero attached hydrogens (tertiary/aromatic N) is 1. The van der Waals surface area contributed by atoms with Gasteiger partial charge in [0.05, 0.1) is 31.0 Å². The zero-order valence-electron chi connectivity index (χ0n) is 14.4. The summed E-state index contributed by atoms with van der Waals surface area (Å²) in [6, 6.07) is 13.4. The van der Waals surface area contributed by atoms with Gasteiger partial charge in [-0.15, -0.1) is 12.4 Å². The number of methoxy groups -OCH3 is 2. The lowest BCUT2D eigenvalue weighted by atomic mass is 10.2. The van der Waals surface area contributed by atoms with Crippen molar-refractivity contribution >= 4 is 41.1 Å². The first-order chi connectivity index (χ1) is 12.2. The van der Waals surface area contributed by atoms with Crippen LogP contribution in [0.1, 0.15) is 5.56 Å². The van der Waals surface area contributed by atoms with Crippen LogP contribution in [0.25, 0.3) is 11.0 Å². The van der Waals surface area contributed by atoms with Gasteiger partial charge in [-0.3, -0.25) is 4.79 Å². The molecule has 2 aromatic carbocycles. The zero-order chi connectivity index (χ0) is 17.6. The van der Waals surface area contributed by atoms with Gasteiger partial charge < -0.3 is 19.8 Å². The smallest absolute Gasteiger partial charge is 0.230 e. The minimum atomic E-state index is -0.0553. The molecule has 0 aliphatic carbocycles. The molecule has 8 heteroatoms. The van der Waals surface area contributed by atoms with Gasteiger partial charge in [-0.25, -0.2) is 4.98 Å². The first-order valence-electron chi connectivity index (χ1n) is 7.74. The predicted octanol–water partition coefficient (Wildman–Crippen LogP) is 3.41. The van der Waals surface area contributed by atoms with Gasteiger partial charge in [0.25, 0.3) is 0 Å². The Morgan fingerprint density at radius 2 is 1.92 bits per heavy atom. The molecule has 0 spiro atoms. The van der Waals surface area contributed by atoms with Gasteiger partial charge in [0.2, 0.25) is 5.91 Å². The van der Waals surface area contributed by atoms with E-state index in [0.717, 1.165) is 21.8 Å². The molecule has 2 N–H and O–H groups in total. The summed E-state index contributed by atoms with van der Waals surface area (Å²) in [5, 5.41) is 3.63. The third-order valence-corrected chi connectivity index (χ3v) is 4.52. The second kappa shape index (κ2) is 9.35. The van der Waals surface area contributed by atoms with Crippen molar-refractivity contribution in [3.05, 3.63) is 48.0 Å². The predicted molar refractivity (Wildman–Crippen MR) is 105 cm³/mol. The van der Waals surface area contributed by atoms with Crippen LogP contribution in [0.5, 0.6) is 11.5 Å². The van der Waals surface area contributed by atoms with Gasteiger partial charge in [-0.1, -0.05) is 30.0 Å². The summed E-state index contributed by atoms with van der Waals surface area (Å²) in [5.41, 5.74) is 2.81. The SMILES string of the molecule is COc1ccc(CNC(=O)CSc2nc3ccccc3[nH]2)cc1OC.Cl. The monoisotopic (exact) mass is 393 g/mol. The van der Waals surface area contributed by atoms with Crippen LogP contribution in [-0.4, -0.2) is 35.8 Å². The van der Waals surface area contributed by atoms with E-state index in [1.165, 1.54) is 11.8 Å². The molecule has 0 unspecified atom stereocenters. The van der Waals surface area contributed by atoms with Crippen LogP contribution >= 0.6 is 24.2 Å². The van der Waals surface area contributed by atoms with Crippen LogP contribution in [0.3, 0.4) is 0 Å². The fraction of sp³-hybridized carbons (Fsp3) is 0.222. The molecule has 3 aromatic rings. The highest BCUT2D eigenvalue weighted by Crippen LogP contribution is 2.27. The summed E-state index contributed by atoms with van der Waals surface area (Å²) in [6.07, 6.45) is 0. The number of para-hydroxylation sites is 2. The molecule has 3 rings (SSSR count). The van der Waals surface area contributed by atoms with Crippen LogP contribution in [0.4, 0.5) is 0 Å². The van der Waals surface area contributed by atoms with Gasteiger partial charge >= 0.3 is 0 Å². The van der Waals surface area contributed by atoms with E-state index in [1.807, 2.05) is 42.5 Å². The molecule has 26 heavy (non-hydrogen) atoms. The fourth-order valence-corrected chi connectivity index (χ4v) is 3.09. The van der Waals surface area contributed by atoms with Gasteiger partial charge in [0.15, 0.2) is 16.7 Å². The standard InChI is InChI=1S/C18H19N3O3S.ClH/c1-23-15-8-7-12(9-16(15)24-2)10-19-17(22)11-25-18-20-13-5-3-4-6-14(13)21-18;/h3-9H,10-11H2,1-2H3,(H,19,22)(H,20,21);1H. The lowest BCUT2D eigenvalue weighted by Crippen LogP contribution is -2.24. The van der Waals surface area contributed by atoms with Crippen molar-refractivity contribution in [1.82, 2.24) is 15.3 Å². The summed E-state index contributed by atoms with van der Waals surface area (Å²) in [6.45, 7) is 0.430. The third-order valence-electron chi connectivity index (χ3n) is 3.65. The number of thioether (sulfide) groups is 1. The van der Waals surface area contributed by atoms with E-state index in [1.54, 1.807) is 14.2 Å². The molecule has 0 aliphatic heterocycles. The number of aromatic amines is 1. The maximum Gasteiger partial charge on any atom is 0.230 e. The van der Waals surface area contributed by atoms with Crippen molar-refractivity contribution < 1.29 is 14.3 Å². The molecule has 0 saturated carbocycles. The number of hydrogen-bond acceptors (Lipinski definition) is 5. The molecule has 0 saturated heterocycles. The number of rotatable bonds is 7. The number of halogens is 1. The quantitative estimate of drug-likeness (QED) is 0.601. The Bertz CT molecular complexity index is 852. The van der Waals surface area contributed by atoms with Gasteiger partial charge in [0.1, 0.15) is 0 Å². The number of ether oxygens (including phenoxy) is 2. The zero-order valence-corrected chi connectivity index (χ0v) is 16.1. The van der Waals surface area contributed by atoms with Gasteiger partial charge in [0, 0.05) is 6.54 Å². The molecule has 0 radical (unpaired) electrons. The number of H-pyrrole nitrogens is 1. The minimum Gasteiger partial charge on any atom is -0.493 e. The third kappa shape index (κ3) is 4.83. The van der Waals surface area contributed by atoms with Crippen molar-refractivity contribution in [3.63, 3.8) is 0 Å². The van der Waals surface area contributed by atoms with E-state index in [4.69, 9.17) is 9.47 Å². The van der Waals surface area contributed by atoms with Crippen LogP contribution in [0.2, 0.25) is 0 Å². The average Bonchev–Trinajstić information content (AvgIpc) is 3.07. The van der Waals surface area contributed by atoms with Crippen LogP contribution in [0, 0.1) is 0 Å². The van der Waals surface area contributed by atoms with Crippen molar-refractivity contribution in [1.29, 1.82) is 0 Å². The molecule has 1 amide bonds. The number of benzene rings is 2. The Morgan fingerprint density at radius 1 is 1.15 bits per heavy atom. The lowest BCUT2D eigenvalue weighted by molar-refractivity contribution is -0.118. The number of nitrogens with one attached hydrogen (secondary N) is 2. The highest BCUT2D eigenvalue weighted by atomic mass is 35.5. The van der Waals surface area contributed by atoms with Crippen LogP contribution in [0.15, 0.2) is 47.6 Å². The summed E-state index contributed by atoms with van der Waals surface area (Å²) < 4.78 is 10.5. The highest BCUT2D eigenvalue weighted by molar-refractivity contribution is 7.99. The van der Waals surface area contributed by atoms with Gasteiger partial charge in [-0.05, 0) is 29.8 Å². The number of carbonyl (C=O) groups excluding carboxylic acids is 1. The average molecular weight is 394 g/mol. The first-order valence-corrected chi connectivity index (χ1v) is 8.73. The van der Waals surface area contributed by atoms with Crippen molar-refractivity contribution in [2.45, 2.75) is 11.7 Å². The van der Waals surface area contributed by atoms with Crippen molar-refractivity contribution in [3.8, 4) is 11.5 Å². The Kier molecular flexibility index (Phi) is 7.17. The molecule has 138 valence electrons. The van der Waals surface area contributed by atoms with Crippen LogP contribution in [-0.2, 0) is 11.3 Å². The summed E-state index contributed by atoms with van der Waals surface area (Å²) in [4.78, 5) is 19.7. The number of aromatic nitrogens is 2. The number of carbonyl (C=O) groups is 1. The van der Waals surface area contributed by atoms with E-state index >= 15 is 0 Å². The van der Waals surface area contributed by atoms with E-state index in [9.17, 15) is 4.79 Å². The molecular weight excluding hydrogens is 374 g/mol. The van der Waals surface area contributed by atoms with Crippen molar-refractivity contribution in [2.75, 3.05) is 20.0 Å². The Hall–Kier alpha value is -2.38. The number of imidazole rings is 1. The molecule has 1 aromatic heterocycles. The van der Waals surface area contributed by atoms with E-state index in [-0.39, 0.29) is 18.3 Å². The Morgan fingerprint density at radius 3 is 2.65 bits per heavy atom. The Labute approximate surface area is 162 Å². The summed E-state index contributed by atoms with van der Waals surface area (Å²) in [5.74, 6) is 1.55. The molecule has 0 bridgehead atoms. The van der Waals surface area contributed by atoms with E-state index in [2.05, 4.69) is 15.3 Å².